The van der Waals surface area contributed by atoms with E-state index in [1.165, 1.54) is 6.42 Å². The first-order chi connectivity index (χ1) is 7.52. The molecule has 1 aliphatic rings. The maximum absolute atomic E-state index is 11.4. The lowest BCUT2D eigenvalue weighted by Gasteiger charge is -2.31. The van der Waals surface area contributed by atoms with Crippen LogP contribution in [0, 0.1) is 11.8 Å². The Morgan fingerprint density at radius 1 is 1.44 bits per heavy atom. The van der Waals surface area contributed by atoms with Gasteiger partial charge in [-0.25, -0.2) is 4.79 Å². The van der Waals surface area contributed by atoms with E-state index >= 15 is 0 Å². The van der Waals surface area contributed by atoms with Crippen molar-refractivity contribution in [2.75, 3.05) is 6.61 Å². The fourth-order valence-corrected chi connectivity index (χ4v) is 2.00. The zero-order valence-corrected chi connectivity index (χ0v) is 10.3. The minimum atomic E-state index is -0.660. The summed E-state index contributed by atoms with van der Waals surface area (Å²) in [4.78, 5) is 11.4. The minimum Gasteiger partial charge on any atom is -0.431 e. The van der Waals surface area contributed by atoms with Crippen molar-refractivity contribution in [2.24, 2.45) is 11.8 Å². The molecule has 1 rings (SSSR count). The Labute approximate surface area is 96.9 Å². The Kier molecular flexibility index (Phi) is 5.06. The van der Waals surface area contributed by atoms with E-state index in [-0.39, 0.29) is 12.7 Å². The number of hydrogen-bond donors (Lipinski definition) is 1. The third-order valence-corrected chi connectivity index (χ3v) is 3.19. The van der Waals surface area contributed by atoms with E-state index in [2.05, 4.69) is 13.8 Å². The molecule has 0 saturated heterocycles. The van der Waals surface area contributed by atoms with Crippen molar-refractivity contribution in [3.63, 3.8) is 0 Å². The first-order valence-electron chi connectivity index (χ1n) is 6.01. The normalized spacial score (nSPS) is 31.9. The Hall–Kier alpha value is -0.770. The highest BCUT2D eigenvalue weighted by Gasteiger charge is 2.29. The molecule has 0 aromatic rings. The van der Waals surface area contributed by atoms with E-state index in [4.69, 9.17) is 14.6 Å². The van der Waals surface area contributed by atoms with Crippen molar-refractivity contribution in [1.29, 1.82) is 0 Å². The molecule has 94 valence electrons. The summed E-state index contributed by atoms with van der Waals surface area (Å²) in [6.45, 7) is 5.73. The van der Waals surface area contributed by atoms with Gasteiger partial charge in [0.05, 0.1) is 6.61 Å². The monoisotopic (exact) mass is 230 g/mol. The lowest BCUT2D eigenvalue weighted by atomic mass is 9.82. The molecule has 1 N–H and O–H groups in total. The number of aliphatic hydroxyl groups excluding tert-OH is 1. The number of hydrogen-bond acceptors (Lipinski definition) is 4. The van der Waals surface area contributed by atoms with Crippen molar-refractivity contribution < 1.29 is 19.4 Å². The summed E-state index contributed by atoms with van der Waals surface area (Å²) in [7, 11) is 0. The SMILES string of the molecule is C[C@@H]1CC[C@@H](C)[C@H](OC(=O)O[C@@H](C)CO)C1. The molecule has 16 heavy (non-hydrogen) atoms. The average Bonchev–Trinajstić information content (AvgIpc) is 2.23. The molecular weight excluding hydrogens is 208 g/mol. The lowest BCUT2D eigenvalue weighted by molar-refractivity contribution is -0.0387. The Bertz CT molecular complexity index is 229. The molecule has 0 unspecified atom stereocenters. The topological polar surface area (TPSA) is 55.8 Å². The van der Waals surface area contributed by atoms with Crippen LogP contribution >= 0.6 is 0 Å². The van der Waals surface area contributed by atoms with Crippen molar-refractivity contribution >= 4 is 6.16 Å². The summed E-state index contributed by atoms with van der Waals surface area (Å²) < 4.78 is 10.1. The number of rotatable bonds is 3. The van der Waals surface area contributed by atoms with Gasteiger partial charge in [-0.1, -0.05) is 20.3 Å². The third-order valence-electron chi connectivity index (χ3n) is 3.19. The van der Waals surface area contributed by atoms with Gasteiger partial charge in [-0.3, -0.25) is 0 Å². The molecule has 0 aromatic carbocycles. The molecule has 1 fully saturated rings. The minimum absolute atomic E-state index is 0.0397. The van der Waals surface area contributed by atoms with E-state index in [1.807, 2.05) is 0 Å². The zero-order chi connectivity index (χ0) is 12.1. The summed E-state index contributed by atoms with van der Waals surface area (Å²) in [5, 5.41) is 8.75. The summed E-state index contributed by atoms with van der Waals surface area (Å²) in [5.74, 6) is 0.998. The van der Waals surface area contributed by atoms with Gasteiger partial charge >= 0.3 is 6.16 Å². The van der Waals surface area contributed by atoms with Crippen LogP contribution < -0.4 is 0 Å². The van der Waals surface area contributed by atoms with Crippen LogP contribution in [0.3, 0.4) is 0 Å². The van der Waals surface area contributed by atoms with Gasteiger partial charge in [0.25, 0.3) is 0 Å². The first-order valence-corrected chi connectivity index (χ1v) is 6.01. The quantitative estimate of drug-likeness (QED) is 0.756. The molecule has 1 saturated carbocycles. The second-order valence-electron chi connectivity index (χ2n) is 4.91. The van der Waals surface area contributed by atoms with Crippen molar-refractivity contribution in [3.8, 4) is 0 Å². The predicted molar refractivity (Wildman–Crippen MR) is 60.1 cm³/mol. The van der Waals surface area contributed by atoms with Crippen LogP contribution in [0.5, 0.6) is 0 Å². The molecule has 0 aliphatic heterocycles. The van der Waals surface area contributed by atoms with Gasteiger partial charge < -0.3 is 14.6 Å². The molecule has 4 atom stereocenters. The van der Waals surface area contributed by atoms with Crippen LogP contribution in [-0.4, -0.2) is 30.1 Å². The summed E-state index contributed by atoms with van der Waals surface area (Å²) >= 11 is 0. The highest BCUT2D eigenvalue weighted by atomic mass is 16.7. The third kappa shape index (κ3) is 4.00. The van der Waals surface area contributed by atoms with Gasteiger partial charge in [-0.05, 0) is 31.6 Å². The van der Waals surface area contributed by atoms with Crippen molar-refractivity contribution in [1.82, 2.24) is 0 Å². The van der Waals surface area contributed by atoms with Gasteiger partial charge in [0.2, 0.25) is 0 Å². The highest BCUT2D eigenvalue weighted by Crippen LogP contribution is 2.30. The highest BCUT2D eigenvalue weighted by molar-refractivity contribution is 5.60. The van der Waals surface area contributed by atoms with Crippen LogP contribution in [0.15, 0.2) is 0 Å². The molecule has 4 nitrogen and oxygen atoms in total. The maximum atomic E-state index is 11.4. The molecule has 0 amide bonds. The van der Waals surface area contributed by atoms with Gasteiger partial charge in [0, 0.05) is 0 Å². The van der Waals surface area contributed by atoms with Crippen LogP contribution in [0.25, 0.3) is 0 Å². The zero-order valence-electron chi connectivity index (χ0n) is 10.3. The van der Waals surface area contributed by atoms with Gasteiger partial charge in [-0.15, -0.1) is 0 Å². The van der Waals surface area contributed by atoms with E-state index < -0.39 is 12.3 Å². The smallest absolute Gasteiger partial charge is 0.431 e. The van der Waals surface area contributed by atoms with E-state index in [0.29, 0.717) is 11.8 Å². The molecule has 1 aliphatic carbocycles. The molecule has 0 heterocycles. The van der Waals surface area contributed by atoms with Gasteiger partial charge in [0.1, 0.15) is 12.2 Å². The predicted octanol–water partition coefficient (Wildman–Crippen LogP) is 2.35. The second kappa shape index (κ2) is 6.09. The van der Waals surface area contributed by atoms with Crippen LogP contribution in [0.1, 0.15) is 40.0 Å². The largest absolute Gasteiger partial charge is 0.508 e. The van der Waals surface area contributed by atoms with E-state index in [1.54, 1.807) is 6.92 Å². The Balaban J connectivity index is 2.37. The van der Waals surface area contributed by atoms with Crippen LogP contribution in [0.2, 0.25) is 0 Å². The first kappa shape index (κ1) is 13.3. The average molecular weight is 230 g/mol. The summed E-state index contributed by atoms with van der Waals surface area (Å²) in [6.07, 6.45) is 2.00. The van der Waals surface area contributed by atoms with Crippen molar-refractivity contribution in [3.05, 3.63) is 0 Å². The van der Waals surface area contributed by atoms with Gasteiger partial charge in [-0.2, -0.15) is 0 Å². The number of carbonyl (C=O) groups is 1. The Morgan fingerprint density at radius 3 is 2.75 bits per heavy atom. The molecular formula is C12H22O4. The Morgan fingerprint density at radius 2 is 2.12 bits per heavy atom. The van der Waals surface area contributed by atoms with Gasteiger partial charge in [0.15, 0.2) is 0 Å². The maximum Gasteiger partial charge on any atom is 0.508 e. The van der Waals surface area contributed by atoms with Crippen molar-refractivity contribution in [2.45, 2.75) is 52.2 Å². The van der Waals surface area contributed by atoms with E-state index in [0.717, 1.165) is 12.8 Å². The molecule has 0 bridgehead atoms. The fourth-order valence-electron chi connectivity index (χ4n) is 2.00. The van der Waals surface area contributed by atoms with Crippen LogP contribution in [-0.2, 0) is 9.47 Å². The summed E-state index contributed by atoms with van der Waals surface area (Å²) in [6, 6.07) is 0. The number of carbonyl (C=O) groups excluding carboxylic acids is 1. The molecule has 4 heteroatoms. The number of ether oxygens (including phenoxy) is 2. The standard InChI is InChI=1S/C12H22O4/c1-8-4-5-9(2)11(6-8)16-12(14)15-10(3)7-13/h8-11,13H,4-7H2,1-3H3/t8-,9-,10+,11-/m1/s1. The number of aliphatic hydroxyl groups is 1. The lowest BCUT2D eigenvalue weighted by Crippen LogP contribution is -2.32. The molecule has 0 radical (unpaired) electrons. The van der Waals surface area contributed by atoms with E-state index in [9.17, 15) is 4.79 Å². The van der Waals surface area contributed by atoms with Crippen LogP contribution in [0.4, 0.5) is 4.79 Å². The summed E-state index contributed by atoms with van der Waals surface area (Å²) in [5.41, 5.74) is 0. The molecule has 0 spiro atoms. The molecule has 0 aromatic heterocycles. The second-order valence-corrected chi connectivity index (χ2v) is 4.91. The fraction of sp³-hybridized carbons (Fsp3) is 0.917.